The van der Waals surface area contributed by atoms with E-state index in [1.54, 1.807) is 11.3 Å². The fourth-order valence-corrected chi connectivity index (χ4v) is 6.44. The SMILES string of the molecule is N#Cc1c(NC(=O)Cc2cccc(C(F)(F)F)c2)sc2nc3c(c(-c4cccs4)c12)CCCCC3. The number of fused-ring (bicyclic) bond motifs is 2. The van der Waals surface area contributed by atoms with Crippen LogP contribution in [0.1, 0.15) is 47.2 Å². The number of halogens is 3. The van der Waals surface area contributed by atoms with Gasteiger partial charge >= 0.3 is 6.18 Å². The van der Waals surface area contributed by atoms with E-state index in [1.807, 2.05) is 17.5 Å². The third kappa shape index (κ3) is 4.68. The highest BCUT2D eigenvalue weighted by atomic mass is 32.1. The molecule has 0 radical (unpaired) electrons. The van der Waals surface area contributed by atoms with Crippen molar-refractivity contribution < 1.29 is 18.0 Å². The zero-order chi connectivity index (χ0) is 24.6. The smallest absolute Gasteiger partial charge is 0.316 e. The molecule has 0 spiro atoms. The number of thiophene rings is 2. The minimum atomic E-state index is -4.48. The first-order valence-corrected chi connectivity index (χ1v) is 12.9. The highest BCUT2D eigenvalue weighted by Crippen LogP contribution is 2.45. The maximum absolute atomic E-state index is 13.0. The van der Waals surface area contributed by atoms with Crippen LogP contribution in [0.5, 0.6) is 0 Å². The zero-order valence-electron chi connectivity index (χ0n) is 18.5. The Morgan fingerprint density at radius 3 is 2.71 bits per heavy atom. The summed E-state index contributed by atoms with van der Waals surface area (Å²) >= 11 is 2.85. The summed E-state index contributed by atoms with van der Waals surface area (Å²) < 4.78 is 39.1. The van der Waals surface area contributed by atoms with Crippen LogP contribution in [0.4, 0.5) is 18.2 Å². The Kier molecular flexibility index (Phi) is 6.34. The molecule has 0 fully saturated rings. The zero-order valence-corrected chi connectivity index (χ0v) is 20.2. The van der Waals surface area contributed by atoms with Gasteiger partial charge in [0.15, 0.2) is 0 Å². The lowest BCUT2D eigenvalue weighted by molar-refractivity contribution is -0.137. The molecule has 35 heavy (non-hydrogen) atoms. The number of nitrogens with one attached hydrogen (secondary N) is 1. The molecule has 1 aliphatic carbocycles. The monoisotopic (exact) mass is 511 g/mol. The number of anilines is 1. The summed E-state index contributed by atoms with van der Waals surface area (Å²) in [4.78, 5) is 19.4. The van der Waals surface area contributed by atoms with Crippen molar-refractivity contribution in [3.05, 3.63) is 69.7 Å². The van der Waals surface area contributed by atoms with Crippen molar-refractivity contribution in [3.8, 4) is 16.5 Å². The van der Waals surface area contributed by atoms with Crippen LogP contribution in [0.15, 0.2) is 41.8 Å². The van der Waals surface area contributed by atoms with E-state index in [2.05, 4.69) is 11.4 Å². The van der Waals surface area contributed by atoms with Gasteiger partial charge in [0, 0.05) is 21.5 Å². The van der Waals surface area contributed by atoms with Crippen LogP contribution in [0, 0.1) is 11.3 Å². The van der Waals surface area contributed by atoms with Crippen molar-refractivity contribution >= 4 is 43.8 Å². The molecule has 9 heteroatoms. The van der Waals surface area contributed by atoms with E-state index < -0.39 is 17.6 Å². The number of carbonyl (C=O) groups excluding carboxylic acids is 1. The Labute approximate surface area is 208 Å². The number of rotatable bonds is 4. The first-order chi connectivity index (χ1) is 16.8. The number of hydrogen-bond acceptors (Lipinski definition) is 5. The van der Waals surface area contributed by atoms with E-state index in [4.69, 9.17) is 4.98 Å². The normalized spacial score (nSPS) is 13.8. The summed E-state index contributed by atoms with van der Waals surface area (Å²) in [7, 11) is 0. The quantitative estimate of drug-likeness (QED) is 0.291. The predicted octanol–water partition coefficient (Wildman–Crippen LogP) is 7.37. The van der Waals surface area contributed by atoms with Crippen molar-refractivity contribution in [2.24, 2.45) is 0 Å². The molecule has 0 saturated heterocycles. The number of pyridine rings is 1. The van der Waals surface area contributed by atoms with Crippen LogP contribution in [-0.2, 0) is 30.2 Å². The number of aryl methyl sites for hydroxylation is 1. The molecule has 0 atom stereocenters. The third-order valence-corrected chi connectivity index (χ3v) is 8.00. The lowest BCUT2D eigenvalue weighted by Gasteiger charge is -2.13. The Bertz CT molecular complexity index is 1450. The number of aromatic nitrogens is 1. The molecule has 1 aliphatic rings. The summed E-state index contributed by atoms with van der Waals surface area (Å²) in [6.45, 7) is 0. The minimum Gasteiger partial charge on any atom is -0.316 e. The van der Waals surface area contributed by atoms with E-state index in [-0.39, 0.29) is 12.0 Å². The van der Waals surface area contributed by atoms with Gasteiger partial charge in [0.2, 0.25) is 5.91 Å². The molecule has 0 unspecified atom stereocenters. The summed E-state index contributed by atoms with van der Waals surface area (Å²) in [6, 6.07) is 11.0. The average Bonchev–Trinajstić information content (AvgIpc) is 3.39. The number of nitrogens with zero attached hydrogens (tertiary/aromatic N) is 2. The lowest BCUT2D eigenvalue weighted by Crippen LogP contribution is -2.15. The molecule has 0 bridgehead atoms. The lowest BCUT2D eigenvalue weighted by atomic mass is 9.96. The molecule has 3 aromatic heterocycles. The average molecular weight is 512 g/mol. The molecule has 5 rings (SSSR count). The molecule has 1 amide bonds. The molecule has 1 N–H and O–H groups in total. The van der Waals surface area contributed by atoms with Gasteiger partial charge in [0.25, 0.3) is 0 Å². The number of amides is 1. The topological polar surface area (TPSA) is 65.8 Å². The minimum absolute atomic E-state index is 0.231. The van der Waals surface area contributed by atoms with Gasteiger partial charge in [-0.2, -0.15) is 18.4 Å². The second-order valence-corrected chi connectivity index (χ2v) is 10.4. The van der Waals surface area contributed by atoms with Gasteiger partial charge in [0.05, 0.1) is 17.5 Å². The fraction of sp³-hybridized carbons (Fsp3) is 0.269. The van der Waals surface area contributed by atoms with Gasteiger partial charge < -0.3 is 5.32 Å². The number of hydrogen-bond donors (Lipinski definition) is 1. The van der Waals surface area contributed by atoms with Crippen LogP contribution in [0.25, 0.3) is 20.7 Å². The summed E-state index contributed by atoms with van der Waals surface area (Å²) in [5.41, 5.74) is 3.05. The number of carbonyl (C=O) groups is 1. The van der Waals surface area contributed by atoms with E-state index in [0.717, 1.165) is 65.8 Å². The van der Waals surface area contributed by atoms with E-state index >= 15 is 0 Å². The number of alkyl halides is 3. The second kappa shape index (κ2) is 9.44. The molecule has 178 valence electrons. The first kappa shape index (κ1) is 23.5. The molecule has 0 aliphatic heterocycles. The van der Waals surface area contributed by atoms with Crippen molar-refractivity contribution in [1.29, 1.82) is 5.26 Å². The van der Waals surface area contributed by atoms with E-state index in [0.29, 0.717) is 15.4 Å². The van der Waals surface area contributed by atoms with Crippen molar-refractivity contribution in [3.63, 3.8) is 0 Å². The summed E-state index contributed by atoms with van der Waals surface area (Å²) in [6.07, 6.45) is 0.316. The highest BCUT2D eigenvalue weighted by Gasteiger charge is 2.30. The molecule has 1 aromatic carbocycles. The Morgan fingerprint density at radius 2 is 1.97 bits per heavy atom. The van der Waals surface area contributed by atoms with Gasteiger partial charge in [-0.3, -0.25) is 4.79 Å². The Morgan fingerprint density at radius 1 is 1.14 bits per heavy atom. The summed E-state index contributed by atoms with van der Waals surface area (Å²) in [5.74, 6) is -0.480. The molecule has 0 saturated carbocycles. The van der Waals surface area contributed by atoms with Gasteiger partial charge in [-0.1, -0.05) is 42.0 Å². The standard InChI is InChI=1S/C26H20F3N3OS2/c27-26(28,29)16-7-4-6-15(12-16)13-21(33)32-24-18(14-30)23-22(20-10-5-11-34-20)17-8-2-1-3-9-19(17)31-25(23)35-24/h4-7,10-12H,1-3,8-9,13H2,(H,32,33). The molecule has 4 nitrogen and oxygen atoms in total. The fourth-order valence-electron chi connectivity index (χ4n) is 4.56. The second-order valence-electron chi connectivity index (χ2n) is 8.47. The van der Waals surface area contributed by atoms with Gasteiger partial charge in [-0.15, -0.1) is 11.3 Å². The van der Waals surface area contributed by atoms with Crippen LogP contribution < -0.4 is 5.32 Å². The molecule has 3 heterocycles. The molecular formula is C26H20F3N3OS2. The predicted molar refractivity (Wildman–Crippen MR) is 133 cm³/mol. The van der Waals surface area contributed by atoms with Crippen LogP contribution in [0.3, 0.4) is 0 Å². The summed E-state index contributed by atoms with van der Waals surface area (Å²) in [5, 5.41) is 16.0. The van der Waals surface area contributed by atoms with Crippen molar-refractivity contribution in [2.75, 3.05) is 5.32 Å². The maximum atomic E-state index is 13.0. The first-order valence-electron chi connectivity index (χ1n) is 11.2. The third-order valence-electron chi connectivity index (χ3n) is 6.12. The Balaban J connectivity index is 1.54. The Hall–Kier alpha value is -3.22. The molecular weight excluding hydrogens is 491 g/mol. The van der Waals surface area contributed by atoms with E-state index in [9.17, 15) is 23.2 Å². The van der Waals surface area contributed by atoms with Gasteiger partial charge in [-0.25, -0.2) is 4.98 Å². The van der Waals surface area contributed by atoms with Crippen LogP contribution in [-0.4, -0.2) is 10.9 Å². The molecule has 4 aromatic rings. The van der Waals surface area contributed by atoms with Gasteiger partial charge in [-0.05, 0) is 54.3 Å². The van der Waals surface area contributed by atoms with Crippen molar-refractivity contribution in [1.82, 2.24) is 4.98 Å². The van der Waals surface area contributed by atoms with E-state index in [1.165, 1.54) is 29.0 Å². The van der Waals surface area contributed by atoms with Crippen LogP contribution >= 0.6 is 22.7 Å². The number of benzene rings is 1. The largest absolute Gasteiger partial charge is 0.416 e. The van der Waals surface area contributed by atoms with Crippen LogP contribution in [0.2, 0.25) is 0 Å². The number of nitriles is 1. The maximum Gasteiger partial charge on any atom is 0.416 e. The van der Waals surface area contributed by atoms with Crippen molar-refractivity contribution in [2.45, 2.75) is 44.7 Å². The highest BCUT2D eigenvalue weighted by molar-refractivity contribution is 7.23. The van der Waals surface area contributed by atoms with Gasteiger partial charge in [0.1, 0.15) is 15.9 Å².